The molecule has 18 heavy (non-hydrogen) atoms. The third-order valence-corrected chi connectivity index (χ3v) is 2.88. The summed E-state index contributed by atoms with van der Waals surface area (Å²) < 4.78 is 0. The minimum Gasteiger partial charge on any atom is -0.411 e. The lowest BCUT2D eigenvalue weighted by Crippen LogP contribution is -1.99. The van der Waals surface area contributed by atoms with Crippen LogP contribution in [0, 0.1) is 0 Å². The normalized spacial score (nSPS) is 10.8. The molecular weight excluding hydrogens is 250 g/mol. The van der Waals surface area contributed by atoms with Gasteiger partial charge in [-0.05, 0) is 34.6 Å². The van der Waals surface area contributed by atoms with Crippen LogP contribution in [0.3, 0.4) is 0 Å². The molecule has 0 aromatic heterocycles. The van der Waals surface area contributed by atoms with E-state index in [4.69, 9.17) is 15.6 Å². The third kappa shape index (κ3) is 23.9. The van der Waals surface area contributed by atoms with Crippen LogP contribution < -0.4 is 0 Å². The maximum atomic E-state index is 8.20. The standard InChI is InChI=1S/C5H11NOSi.2C3H7NO/c1-3-5(8)4(2)6-7;2*1-3(2)4-5/h3,5,7H,1H2,2,8H3;2*5H,1-2H3. The predicted octanol–water partition coefficient (Wildman–Crippen LogP) is 1.89. The molecule has 0 aromatic rings. The third-order valence-electron chi connectivity index (χ3n) is 1.57. The first kappa shape index (κ1) is 21.6. The number of hydrogen-bond donors (Lipinski definition) is 3. The van der Waals surface area contributed by atoms with Crippen molar-refractivity contribution in [3.8, 4) is 0 Å². The van der Waals surface area contributed by atoms with Crippen molar-refractivity contribution in [2.75, 3.05) is 0 Å². The van der Waals surface area contributed by atoms with Crippen LogP contribution in [0.4, 0.5) is 0 Å². The quantitative estimate of drug-likeness (QED) is 0.236. The van der Waals surface area contributed by atoms with Gasteiger partial charge in [-0.25, -0.2) is 0 Å². The number of oxime groups is 3. The zero-order valence-corrected chi connectivity index (χ0v) is 14.0. The molecule has 7 heteroatoms. The van der Waals surface area contributed by atoms with E-state index in [0.717, 1.165) is 16.0 Å². The summed E-state index contributed by atoms with van der Waals surface area (Å²) >= 11 is 0. The summed E-state index contributed by atoms with van der Waals surface area (Å²) in [4.78, 5) is 0. The van der Waals surface area contributed by atoms with E-state index < -0.39 is 0 Å². The maximum Gasteiger partial charge on any atom is 0.0571 e. The number of hydrogen-bond acceptors (Lipinski definition) is 6. The zero-order valence-electron chi connectivity index (χ0n) is 12.0. The molecule has 6 nitrogen and oxygen atoms in total. The zero-order chi connectivity index (χ0) is 15.1. The molecule has 0 amide bonds. The van der Waals surface area contributed by atoms with E-state index in [1.54, 1.807) is 40.7 Å². The summed E-state index contributed by atoms with van der Waals surface area (Å²) in [6, 6.07) is 0. The molecular formula is C11H25N3O3Si. The Morgan fingerprint density at radius 3 is 1.28 bits per heavy atom. The van der Waals surface area contributed by atoms with Gasteiger partial charge in [-0.2, -0.15) is 0 Å². The lowest BCUT2D eigenvalue weighted by Gasteiger charge is -1.99. The highest BCUT2D eigenvalue weighted by molar-refractivity contribution is 6.26. The summed E-state index contributed by atoms with van der Waals surface area (Å²) in [6.07, 6.45) is 1.79. The predicted molar refractivity (Wildman–Crippen MR) is 79.9 cm³/mol. The van der Waals surface area contributed by atoms with Crippen LogP contribution in [0.1, 0.15) is 34.6 Å². The second-order valence-corrected chi connectivity index (χ2v) is 5.10. The van der Waals surface area contributed by atoms with E-state index in [9.17, 15) is 0 Å². The molecule has 0 aliphatic heterocycles. The van der Waals surface area contributed by atoms with Crippen molar-refractivity contribution in [2.45, 2.75) is 40.2 Å². The molecule has 106 valence electrons. The maximum absolute atomic E-state index is 8.20. The summed E-state index contributed by atoms with van der Waals surface area (Å²) in [5.74, 6) is 0. The monoisotopic (exact) mass is 275 g/mol. The van der Waals surface area contributed by atoms with E-state index in [1.165, 1.54) is 0 Å². The summed E-state index contributed by atoms with van der Waals surface area (Å²) in [7, 11) is 0.974. The van der Waals surface area contributed by atoms with Crippen LogP contribution in [0.2, 0.25) is 5.54 Å². The minimum absolute atomic E-state index is 0.319. The van der Waals surface area contributed by atoms with Crippen molar-refractivity contribution < 1.29 is 15.6 Å². The van der Waals surface area contributed by atoms with Crippen LogP contribution in [0.25, 0.3) is 0 Å². The topological polar surface area (TPSA) is 97.8 Å². The fraction of sp³-hybridized carbons (Fsp3) is 0.545. The lowest BCUT2D eigenvalue weighted by molar-refractivity contribution is 0.318. The van der Waals surface area contributed by atoms with Crippen molar-refractivity contribution in [1.82, 2.24) is 0 Å². The van der Waals surface area contributed by atoms with Crippen LogP contribution in [-0.4, -0.2) is 43.0 Å². The molecule has 1 atom stereocenters. The Morgan fingerprint density at radius 2 is 1.22 bits per heavy atom. The highest BCUT2D eigenvalue weighted by Gasteiger charge is 1.97. The fourth-order valence-corrected chi connectivity index (χ4v) is 0.377. The van der Waals surface area contributed by atoms with Gasteiger partial charge >= 0.3 is 0 Å². The first-order chi connectivity index (χ1) is 8.26. The molecule has 3 N–H and O–H groups in total. The largest absolute Gasteiger partial charge is 0.411 e. The minimum atomic E-state index is 0.319. The smallest absolute Gasteiger partial charge is 0.0571 e. The van der Waals surface area contributed by atoms with Gasteiger partial charge in [-0.3, -0.25) is 0 Å². The summed E-state index contributed by atoms with van der Waals surface area (Å²) in [5.41, 5.74) is 2.45. The van der Waals surface area contributed by atoms with Crippen molar-refractivity contribution in [2.24, 2.45) is 15.5 Å². The first-order valence-electron chi connectivity index (χ1n) is 5.38. The Morgan fingerprint density at radius 1 is 0.944 bits per heavy atom. The SMILES string of the molecule is C=CC([SiH3])C(C)=NO.CC(C)=NO.CC(C)=NO. The van der Waals surface area contributed by atoms with Gasteiger partial charge in [0.15, 0.2) is 0 Å². The van der Waals surface area contributed by atoms with Gasteiger partial charge in [0.25, 0.3) is 0 Å². The van der Waals surface area contributed by atoms with E-state index in [0.29, 0.717) is 17.0 Å². The molecule has 0 heterocycles. The van der Waals surface area contributed by atoms with Gasteiger partial charge in [-0.1, -0.05) is 21.5 Å². The van der Waals surface area contributed by atoms with Crippen LogP contribution in [0.15, 0.2) is 28.1 Å². The van der Waals surface area contributed by atoms with Crippen LogP contribution in [0.5, 0.6) is 0 Å². The molecule has 0 fully saturated rings. The van der Waals surface area contributed by atoms with E-state index in [2.05, 4.69) is 22.0 Å². The van der Waals surface area contributed by atoms with Crippen molar-refractivity contribution in [1.29, 1.82) is 0 Å². The second-order valence-electron chi connectivity index (χ2n) is 3.86. The second kappa shape index (κ2) is 15.4. The number of allylic oxidation sites excluding steroid dienone is 1. The van der Waals surface area contributed by atoms with Crippen molar-refractivity contribution >= 4 is 27.4 Å². The van der Waals surface area contributed by atoms with Gasteiger partial charge in [-0.15, -0.1) is 6.58 Å². The average molecular weight is 275 g/mol. The summed E-state index contributed by atoms with van der Waals surface area (Å²) in [6.45, 7) is 12.3. The fourth-order valence-electron chi connectivity index (χ4n) is 0.262. The van der Waals surface area contributed by atoms with Gasteiger partial charge in [0, 0.05) is 15.8 Å². The Hall–Kier alpha value is -1.63. The van der Waals surface area contributed by atoms with Gasteiger partial charge in [0.1, 0.15) is 0 Å². The van der Waals surface area contributed by atoms with E-state index in [1.807, 2.05) is 0 Å². The number of rotatable bonds is 2. The number of nitrogens with zero attached hydrogens (tertiary/aromatic N) is 3. The molecule has 0 spiro atoms. The van der Waals surface area contributed by atoms with E-state index in [-0.39, 0.29) is 0 Å². The van der Waals surface area contributed by atoms with Crippen molar-refractivity contribution in [3.05, 3.63) is 12.7 Å². The van der Waals surface area contributed by atoms with Gasteiger partial charge < -0.3 is 15.6 Å². The van der Waals surface area contributed by atoms with Crippen LogP contribution >= 0.6 is 0 Å². The van der Waals surface area contributed by atoms with Crippen LogP contribution in [-0.2, 0) is 0 Å². The van der Waals surface area contributed by atoms with Gasteiger partial charge in [0.05, 0.1) is 17.1 Å². The van der Waals surface area contributed by atoms with E-state index >= 15 is 0 Å². The Balaban J connectivity index is -0.000000197. The molecule has 0 saturated heterocycles. The molecule has 0 rings (SSSR count). The molecule has 0 saturated carbocycles. The highest BCUT2D eigenvalue weighted by atomic mass is 28.1. The molecule has 0 bridgehead atoms. The Labute approximate surface area is 112 Å². The molecule has 0 radical (unpaired) electrons. The highest BCUT2D eigenvalue weighted by Crippen LogP contribution is 2.00. The Bertz CT molecular complexity index is 278. The summed E-state index contributed by atoms with van der Waals surface area (Å²) in [5, 5.41) is 32.3. The lowest BCUT2D eigenvalue weighted by atomic mass is 10.3. The van der Waals surface area contributed by atoms with Gasteiger partial charge in [0.2, 0.25) is 0 Å². The molecule has 0 aliphatic carbocycles. The first-order valence-corrected chi connectivity index (χ1v) is 6.53. The molecule has 1 unspecified atom stereocenters. The molecule has 0 aromatic carbocycles. The van der Waals surface area contributed by atoms with Crippen molar-refractivity contribution in [3.63, 3.8) is 0 Å². The Kier molecular flexibility index (Phi) is 18.5. The average Bonchev–Trinajstić information content (AvgIpc) is 2.37. The molecule has 0 aliphatic rings.